The monoisotopic (exact) mass is 655 g/mol. The van der Waals surface area contributed by atoms with E-state index in [0.717, 1.165) is 65.9 Å². The van der Waals surface area contributed by atoms with Gasteiger partial charge in [0, 0.05) is 36.6 Å². The first kappa shape index (κ1) is 33.0. The van der Waals surface area contributed by atoms with E-state index in [2.05, 4.69) is 20.5 Å². The van der Waals surface area contributed by atoms with Gasteiger partial charge in [-0.3, -0.25) is 9.78 Å². The predicted octanol–water partition coefficient (Wildman–Crippen LogP) is 7.71. The Bertz CT molecular complexity index is 1530. The largest absolute Gasteiger partial charge is 0.505 e. The Morgan fingerprint density at radius 1 is 0.951 bits per heavy atom. The average molecular weight is 658 g/mol. The van der Waals surface area contributed by atoms with Crippen molar-refractivity contribution < 1.29 is 9.90 Å². The fourth-order valence-corrected chi connectivity index (χ4v) is 5.47. The number of phenols is 1. The molecule has 1 unspecified atom stereocenters. The number of rotatable bonds is 7. The summed E-state index contributed by atoms with van der Waals surface area (Å²) in [4.78, 5) is 24.8. The second-order valence-corrected chi connectivity index (χ2v) is 10.8. The van der Waals surface area contributed by atoms with Gasteiger partial charge in [0.05, 0.1) is 38.7 Å². The number of aromatic nitrogens is 2. The Kier molecular flexibility index (Phi) is 11.0. The molecule has 6 rings (SSSR count). The van der Waals surface area contributed by atoms with Crippen LogP contribution in [0.3, 0.4) is 0 Å². The van der Waals surface area contributed by atoms with Crippen LogP contribution in [0.4, 0.5) is 17.2 Å². The molecule has 1 atom stereocenters. The van der Waals surface area contributed by atoms with Gasteiger partial charge in [0.2, 0.25) is 0 Å². The number of phenolic OH excluding ortho intramolecular Hbond substituents is 1. The standard InChI is InChI=1S/C29H27Cl2N5O2.3ClH/c1-32-20-8-9-36(15-20)26-7-5-19(13-34-26)35-27-21-10-17(18-11-23(30)29(38)24(31)12-18)4-6-25(21)33-14-22(27)28(37)16-2-3-16;;;/h4-7,10-14,16,20,32,38H,2-3,8-9,15H2,1H3,(H,33,35);3*1H. The molecule has 3 N–H and O–H groups in total. The molecule has 2 aromatic heterocycles. The summed E-state index contributed by atoms with van der Waals surface area (Å²) in [5, 5.41) is 18.0. The highest BCUT2D eigenvalue weighted by Gasteiger charge is 2.32. The van der Waals surface area contributed by atoms with E-state index >= 15 is 0 Å². The van der Waals surface area contributed by atoms with Crippen molar-refractivity contribution in [1.82, 2.24) is 15.3 Å². The number of aromatic hydroxyl groups is 1. The highest BCUT2D eigenvalue weighted by atomic mass is 35.5. The van der Waals surface area contributed by atoms with Crippen LogP contribution in [0.25, 0.3) is 22.0 Å². The van der Waals surface area contributed by atoms with Crippen molar-refractivity contribution in [1.29, 1.82) is 0 Å². The molecule has 1 aliphatic carbocycles. The number of carbonyl (C=O) groups is 1. The van der Waals surface area contributed by atoms with E-state index in [1.54, 1.807) is 18.3 Å². The lowest BCUT2D eigenvalue weighted by Gasteiger charge is -2.19. The van der Waals surface area contributed by atoms with Crippen LogP contribution in [0.2, 0.25) is 10.0 Å². The van der Waals surface area contributed by atoms with Crippen LogP contribution in [0, 0.1) is 5.92 Å². The van der Waals surface area contributed by atoms with Gasteiger partial charge in [0.1, 0.15) is 5.82 Å². The molecule has 7 nitrogen and oxygen atoms in total. The van der Waals surface area contributed by atoms with Gasteiger partial charge in [-0.1, -0.05) is 29.3 Å². The summed E-state index contributed by atoms with van der Waals surface area (Å²) >= 11 is 12.4. The van der Waals surface area contributed by atoms with E-state index in [-0.39, 0.29) is 64.7 Å². The molecule has 218 valence electrons. The van der Waals surface area contributed by atoms with Crippen molar-refractivity contribution >= 4 is 94.3 Å². The number of anilines is 3. The number of Topliss-reactive ketones (excluding diaryl/α,β-unsaturated/α-hetero) is 1. The summed E-state index contributed by atoms with van der Waals surface area (Å²) < 4.78 is 0. The molecule has 0 amide bonds. The number of pyridine rings is 2. The number of fused-ring (bicyclic) bond motifs is 1. The van der Waals surface area contributed by atoms with E-state index in [1.807, 2.05) is 43.6 Å². The maximum Gasteiger partial charge on any atom is 0.169 e. The quantitative estimate of drug-likeness (QED) is 0.176. The number of halogens is 5. The van der Waals surface area contributed by atoms with Gasteiger partial charge in [-0.15, -0.1) is 37.2 Å². The van der Waals surface area contributed by atoms with E-state index in [0.29, 0.717) is 17.3 Å². The molecule has 4 aromatic rings. The van der Waals surface area contributed by atoms with Crippen LogP contribution < -0.4 is 15.5 Å². The number of likely N-dealkylation sites (N-methyl/N-ethyl adjacent to an activating group) is 1. The Labute approximate surface area is 267 Å². The summed E-state index contributed by atoms with van der Waals surface area (Å²) in [7, 11) is 1.99. The molecule has 41 heavy (non-hydrogen) atoms. The van der Waals surface area contributed by atoms with Gasteiger partial charge in [-0.05, 0) is 73.8 Å². The van der Waals surface area contributed by atoms with Crippen LogP contribution in [0.15, 0.2) is 54.9 Å². The second kappa shape index (κ2) is 13.6. The average Bonchev–Trinajstić information content (AvgIpc) is 3.68. The zero-order valence-electron chi connectivity index (χ0n) is 22.1. The van der Waals surface area contributed by atoms with Crippen molar-refractivity contribution in [3.05, 3.63) is 70.5 Å². The fourth-order valence-electron chi connectivity index (χ4n) is 4.99. The molecule has 0 bridgehead atoms. The Morgan fingerprint density at radius 3 is 2.29 bits per heavy atom. The Morgan fingerprint density at radius 2 is 1.68 bits per heavy atom. The number of nitrogens with one attached hydrogen (secondary N) is 2. The SMILES string of the molecule is CNC1CCN(c2ccc(Nc3c(C(=O)C4CC4)cnc4ccc(-c5cc(Cl)c(O)c(Cl)c5)cc34)cn2)C1.Cl.Cl.Cl. The van der Waals surface area contributed by atoms with Crippen LogP contribution in [-0.2, 0) is 0 Å². The smallest absolute Gasteiger partial charge is 0.169 e. The number of hydrogen-bond donors (Lipinski definition) is 3. The van der Waals surface area contributed by atoms with Gasteiger partial charge in [-0.2, -0.15) is 0 Å². The van der Waals surface area contributed by atoms with Gasteiger partial charge in [0.25, 0.3) is 0 Å². The first-order valence-electron chi connectivity index (χ1n) is 12.7. The van der Waals surface area contributed by atoms with Crippen LogP contribution >= 0.6 is 60.4 Å². The number of ketones is 1. The maximum atomic E-state index is 13.3. The van der Waals surface area contributed by atoms with Crippen molar-refractivity contribution in [3.8, 4) is 16.9 Å². The molecule has 2 aliphatic rings. The van der Waals surface area contributed by atoms with Gasteiger partial charge in [0.15, 0.2) is 11.5 Å². The minimum atomic E-state index is -0.148. The molecule has 1 saturated heterocycles. The van der Waals surface area contributed by atoms with E-state index in [4.69, 9.17) is 28.2 Å². The molecule has 1 aliphatic heterocycles. The summed E-state index contributed by atoms with van der Waals surface area (Å²) in [5.41, 5.74) is 4.40. The number of carbonyl (C=O) groups excluding carboxylic acids is 1. The topological polar surface area (TPSA) is 90.4 Å². The maximum absolute atomic E-state index is 13.3. The molecule has 1 saturated carbocycles. The molecule has 0 radical (unpaired) electrons. The first-order chi connectivity index (χ1) is 18.4. The van der Waals surface area contributed by atoms with Crippen molar-refractivity contribution in [2.45, 2.75) is 25.3 Å². The first-order valence-corrected chi connectivity index (χ1v) is 13.5. The van der Waals surface area contributed by atoms with Gasteiger partial charge in [-0.25, -0.2) is 4.98 Å². The number of hydrogen-bond acceptors (Lipinski definition) is 7. The van der Waals surface area contributed by atoms with Crippen LogP contribution in [0.5, 0.6) is 5.75 Å². The minimum Gasteiger partial charge on any atom is -0.505 e. The molecule has 12 heteroatoms. The van der Waals surface area contributed by atoms with Crippen molar-refractivity contribution in [3.63, 3.8) is 0 Å². The molecule has 2 fully saturated rings. The minimum absolute atomic E-state index is 0. The zero-order chi connectivity index (χ0) is 26.4. The Hall–Kier alpha value is -2.52. The lowest BCUT2D eigenvalue weighted by Crippen LogP contribution is -2.29. The van der Waals surface area contributed by atoms with Crippen molar-refractivity contribution in [2.75, 3.05) is 30.4 Å². The molecular formula is C29H30Cl5N5O2. The second-order valence-electron chi connectivity index (χ2n) is 9.96. The highest BCUT2D eigenvalue weighted by molar-refractivity contribution is 6.37. The van der Waals surface area contributed by atoms with Gasteiger partial charge >= 0.3 is 0 Å². The number of benzene rings is 2. The van der Waals surface area contributed by atoms with Crippen LogP contribution in [0.1, 0.15) is 29.6 Å². The summed E-state index contributed by atoms with van der Waals surface area (Å²) in [6.07, 6.45) is 6.38. The predicted molar refractivity (Wildman–Crippen MR) is 175 cm³/mol. The van der Waals surface area contributed by atoms with E-state index in [9.17, 15) is 9.90 Å². The van der Waals surface area contributed by atoms with E-state index < -0.39 is 0 Å². The Balaban J connectivity index is 0.00000154. The highest BCUT2D eigenvalue weighted by Crippen LogP contribution is 2.40. The third-order valence-corrected chi connectivity index (χ3v) is 7.95. The summed E-state index contributed by atoms with van der Waals surface area (Å²) in [6, 6.07) is 13.6. The third-order valence-electron chi connectivity index (χ3n) is 7.37. The van der Waals surface area contributed by atoms with Crippen molar-refractivity contribution in [2.24, 2.45) is 5.92 Å². The van der Waals surface area contributed by atoms with E-state index in [1.165, 1.54) is 0 Å². The normalized spacial score (nSPS) is 16.0. The third kappa shape index (κ3) is 6.77. The molecular weight excluding hydrogens is 628 g/mol. The molecule has 3 heterocycles. The summed E-state index contributed by atoms with van der Waals surface area (Å²) in [6.45, 7) is 1.90. The van der Waals surface area contributed by atoms with Crippen LogP contribution in [-0.4, -0.2) is 47.0 Å². The number of nitrogens with zero attached hydrogens (tertiary/aromatic N) is 3. The molecule has 2 aromatic carbocycles. The summed E-state index contributed by atoms with van der Waals surface area (Å²) in [5.74, 6) is 0.933. The lowest BCUT2D eigenvalue weighted by molar-refractivity contribution is 0.0968. The fraction of sp³-hybridized carbons (Fsp3) is 0.276. The zero-order valence-corrected chi connectivity index (χ0v) is 26.0. The van der Waals surface area contributed by atoms with Gasteiger partial charge < -0.3 is 20.6 Å². The lowest BCUT2D eigenvalue weighted by atomic mass is 9.99. The molecule has 0 spiro atoms.